The van der Waals surface area contributed by atoms with Crippen LogP contribution in [-0.4, -0.2) is 17.6 Å². The van der Waals surface area contributed by atoms with E-state index >= 15 is 0 Å². The Bertz CT molecular complexity index is 551. The molecule has 0 atom stereocenters. The fourth-order valence-electron chi connectivity index (χ4n) is 1.53. The van der Waals surface area contributed by atoms with Gasteiger partial charge in [-0.25, -0.2) is 0 Å². The van der Waals surface area contributed by atoms with E-state index in [9.17, 15) is 4.79 Å². The lowest BCUT2D eigenvalue weighted by Gasteiger charge is -2.04. The fourth-order valence-corrected chi connectivity index (χ4v) is 1.66. The number of nitrogens with one attached hydrogen (secondary N) is 2. The second-order valence-electron chi connectivity index (χ2n) is 4.10. The molecule has 0 saturated carbocycles. The normalized spacial score (nSPS) is 10.4. The average Bonchev–Trinajstić information content (AvgIpc) is 2.77. The minimum atomic E-state index is -0.165. The largest absolute Gasteiger partial charge is 0.360 e. The zero-order valence-corrected chi connectivity index (χ0v) is 11.2. The van der Waals surface area contributed by atoms with Gasteiger partial charge in [-0.05, 0) is 24.6 Å². The highest BCUT2D eigenvalue weighted by atomic mass is 35.5. The van der Waals surface area contributed by atoms with Gasteiger partial charge in [0.05, 0.1) is 6.54 Å². The van der Waals surface area contributed by atoms with E-state index < -0.39 is 0 Å². The van der Waals surface area contributed by atoms with Crippen LogP contribution in [0.1, 0.15) is 11.3 Å². The first-order valence-corrected chi connectivity index (χ1v) is 6.19. The summed E-state index contributed by atoms with van der Waals surface area (Å²) in [7, 11) is 0. The van der Waals surface area contributed by atoms with E-state index in [1.165, 1.54) is 0 Å². The molecule has 0 fully saturated rings. The molecule has 0 unspecified atom stereocenters. The van der Waals surface area contributed by atoms with Crippen LogP contribution >= 0.6 is 11.6 Å². The van der Waals surface area contributed by atoms with Crippen LogP contribution in [0.3, 0.4) is 0 Å². The van der Waals surface area contributed by atoms with Crippen molar-refractivity contribution in [3.8, 4) is 0 Å². The molecule has 0 radical (unpaired) electrons. The van der Waals surface area contributed by atoms with E-state index in [-0.39, 0.29) is 12.5 Å². The zero-order valence-electron chi connectivity index (χ0n) is 10.4. The van der Waals surface area contributed by atoms with Gasteiger partial charge in [-0.15, -0.1) is 0 Å². The zero-order chi connectivity index (χ0) is 13.7. The van der Waals surface area contributed by atoms with Gasteiger partial charge in [-0.3, -0.25) is 4.79 Å². The number of amides is 1. The summed E-state index contributed by atoms with van der Waals surface area (Å²) < 4.78 is 4.85. The number of aromatic nitrogens is 1. The molecule has 2 rings (SSSR count). The molecule has 100 valence electrons. The van der Waals surface area contributed by atoms with Gasteiger partial charge in [-0.1, -0.05) is 28.9 Å². The standard InChI is InChI=1S/C13H14ClN3O2/c1-9-6-12(17-19-9)16-13(18)8-15-7-10-2-4-11(14)5-3-10/h2-6,15H,7-8H2,1H3,(H,16,17,18). The SMILES string of the molecule is Cc1cc(NC(=O)CNCc2ccc(Cl)cc2)no1. The molecule has 2 aromatic rings. The lowest BCUT2D eigenvalue weighted by atomic mass is 10.2. The second-order valence-corrected chi connectivity index (χ2v) is 4.54. The van der Waals surface area contributed by atoms with Gasteiger partial charge in [0.25, 0.3) is 0 Å². The molecular weight excluding hydrogens is 266 g/mol. The highest BCUT2D eigenvalue weighted by Crippen LogP contribution is 2.09. The van der Waals surface area contributed by atoms with Crippen molar-refractivity contribution in [2.75, 3.05) is 11.9 Å². The molecule has 0 saturated heterocycles. The van der Waals surface area contributed by atoms with Crippen molar-refractivity contribution in [1.82, 2.24) is 10.5 Å². The highest BCUT2D eigenvalue weighted by Gasteiger charge is 2.05. The lowest BCUT2D eigenvalue weighted by molar-refractivity contribution is -0.115. The van der Waals surface area contributed by atoms with Crippen molar-refractivity contribution in [3.63, 3.8) is 0 Å². The van der Waals surface area contributed by atoms with Gasteiger partial charge < -0.3 is 15.2 Å². The molecule has 1 amide bonds. The van der Waals surface area contributed by atoms with Gasteiger partial charge in [0.1, 0.15) is 5.76 Å². The summed E-state index contributed by atoms with van der Waals surface area (Å²) in [6.07, 6.45) is 0. The summed E-state index contributed by atoms with van der Waals surface area (Å²) in [5, 5.41) is 10.0. The summed E-state index contributed by atoms with van der Waals surface area (Å²) >= 11 is 5.79. The van der Waals surface area contributed by atoms with Crippen molar-refractivity contribution in [2.24, 2.45) is 0 Å². The molecule has 1 aromatic heterocycles. The number of hydrogen-bond acceptors (Lipinski definition) is 4. The first-order chi connectivity index (χ1) is 9.13. The van der Waals surface area contributed by atoms with Gasteiger partial charge in [0, 0.05) is 17.6 Å². The Balaban J connectivity index is 1.73. The van der Waals surface area contributed by atoms with Crippen molar-refractivity contribution in [2.45, 2.75) is 13.5 Å². The number of benzene rings is 1. The smallest absolute Gasteiger partial charge is 0.239 e. The third-order valence-corrected chi connectivity index (χ3v) is 2.68. The molecule has 2 N–H and O–H groups in total. The number of anilines is 1. The fraction of sp³-hybridized carbons (Fsp3) is 0.231. The van der Waals surface area contributed by atoms with Gasteiger partial charge >= 0.3 is 0 Å². The number of hydrogen-bond donors (Lipinski definition) is 2. The Hall–Kier alpha value is -1.85. The first-order valence-electron chi connectivity index (χ1n) is 5.82. The Kier molecular flexibility index (Phi) is 4.54. The number of rotatable bonds is 5. The molecule has 1 heterocycles. The maximum atomic E-state index is 11.6. The molecule has 5 nitrogen and oxygen atoms in total. The van der Waals surface area contributed by atoms with E-state index in [0.29, 0.717) is 23.1 Å². The Morgan fingerprint density at radius 1 is 1.37 bits per heavy atom. The third-order valence-electron chi connectivity index (χ3n) is 2.42. The van der Waals surface area contributed by atoms with E-state index in [0.717, 1.165) is 5.56 Å². The molecule has 0 spiro atoms. The Morgan fingerprint density at radius 2 is 2.11 bits per heavy atom. The number of halogens is 1. The maximum Gasteiger partial charge on any atom is 0.239 e. The molecule has 0 aliphatic rings. The summed E-state index contributed by atoms with van der Waals surface area (Å²) in [6.45, 7) is 2.57. The predicted molar refractivity (Wildman–Crippen MR) is 73.0 cm³/mol. The van der Waals surface area contributed by atoms with Crippen LogP contribution in [0.2, 0.25) is 5.02 Å². The molecule has 6 heteroatoms. The van der Waals surface area contributed by atoms with Gasteiger partial charge in [0.2, 0.25) is 5.91 Å². The van der Waals surface area contributed by atoms with Crippen LogP contribution in [0, 0.1) is 6.92 Å². The number of nitrogens with zero attached hydrogens (tertiary/aromatic N) is 1. The monoisotopic (exact) mass is 279 g/mol. The van der Waals surface area contributed by atoms with Gasteiger partial charge in [0.15, 0.2) is 5.82 Å². The van der Waals surface area contributed by atoms with E-state index in [1.54, 1.807) is 13.0 Å². The molecule has 0 aliphatic heterocycles. The number of carbonyl (C=O) groups excluding carboxylic acids is 1. The molecular formula is C13H14ClN3O2. The molecule has 0 bridgehead atoms. The van der Waals surface area contributed by atoms with Crippen molar-refractivity contribution >= 4 is 23.3 Å². The first kappa shape index (κ1) is 13.6. The second kappa shape index (κ2) is 6.36. The van der Waals surface area contributed by atoms with Gasteiger partial charge in [-0.2, -0.15) is 0 Å². The quantitative estimate of drug-likeness (QED) is 0.882. The van der Waals surface area contributed by atoms with Crippen LogP contribution in [-0.2, 0) is 11.3 Å². The topological polar surface area (TPSA) is 67.2 Å². The van der Waals surface area contributed by atoms with Crippen LogP contribution in [0.4, 0.5) is 5.82 Å². The molecule has 19 heavy (non-hydrogen) atoms. The summed E-state index contributed by atoms with van der Waals surface area (Å²) in [4.78, 5) is 11.6. The Morgan fingerprint density at radius 3 is 2.74 bits per heavy atom. The summed E-state index contributed by atoms with van der Waals surface area (Å²) in [5.41, 5.74) is 1.06. The van der Waals surface area contributed by atoms with Crippen LogP contribution in [0.5, 0.6) is 0 Å². The van der Waals surface area contributed by atoms with Crippen LogP contribution in [0.15, 0.2) is 34.9 Å². The number of aryl methyl sites for hydroxylation is 1. The van der Waals surface area contributed by atoms with Crippen molar-refractivity contribution in [3.05, 3.63) is 46.7 Å². The lowest BCUT2D eigenvalue weighted by Crippen LogP contribution is -2.27. The third kappa shape index (κ3) is 4.39. The van der Waals surface area contributed by atoms with E-state index in [2.05, 4.69) is 15.8 Å². The van der Waals surface area contributed by atoms with E-state index in [4.69, 9.17) is 16.1 Å². The average molecular weight is 280 g/mol. The Labute approximate surface area is 115 Å². The van der Waals surface area contributed by atoms with E-state index in [1.807, 2.05) is 24.3 Å². The maximum absolute atomic E-state index is 11.6. The minimum Gasteiger partial charge on any atom is -0.360 e. The predicted octanol–water partition coefficient (Wildman–Crippen LogP) is 2.36. The van der Waals surface area contributed by atoms with Crippen LogP contribution in [0.25, 0.3) is 0 Å². The highest BCUT2D eigenvalue weighted by molar-refractivity contribution is 6.30. The van der Waals surface area contributed by atoms with Crippen LogP contribution < -0.4 is 10.6 Å². The number of carbonyl (C=O) groups is 1. The minimum absolute atomic E-state index is 0.165. The van der Waals surface area contributed by atoms with Crippen molar-refractivity contribution in [1.29, 1.82) is 0 Å². The van der Waals surface area contributed by atoms with Crippen molar-refractivity contribution < 1.29 is 9.32 Å². The molecule has 0 aliphatic carbocycles. The summed E-state index contributed by atoms with van der Waals surface area (Å²) in [5.74, 6) is 0.919. The summed E-state index contributed by atoms with van der Waals surface area (Å²) in [6, 6.07) is 9.12. The molecule has 1 aromatic carbocycles.